The Labute approximate surface area is 152 Å². The van der Waals surface area contributed by atoms with Crippen LogP contribution in [0.1, 0.15) is 5.56 Å². The van der Waals surface area contributed by atoms with Crippen LogP contribution in [0.4, 0.5) is 0 Å². The third-order valence-corrected chi connectivity index (χ3v) is 5.33. The van der Waals surface area contributed by atoms with Gasteiger partial charge < -0.3 is 5.11 Å². The van der Waals surface area contributed by atoms with Gasteiger partial charge in [0.2, 0.25) is 0 Å². The van der Waals surface area contributed by atoms with Gasteiger partial charge in [0, 0.05) is 10.9 Å². The summed E-state index contributed by atoms with van der Waals surface area (Å²) in [5.41, 5.74) is 3.20. The van der Waals surface area contributed by atoms with Crippen molar-refractivity contribution in [1.29, 1.82) is 0 Å². The number of phenolic OH excluding ortho intramolecular Hbond substituents is 1. The van der Waals surface area contributed by atoms with Crippen molar-refractivity contribution in [2.24, 2.45) is 0 Å². The van der Waals surface area contributed by atoms with Crippen molar-refractivity contribution in [1.82, 2.24) is 0 Å². The second kappa shape index (κ2) is 5.60. The van der Waals surface area contributed by atoms with Gasteiger partial charge in [0.05, 0.1) is 0 Å². The van der Waals surface area contributed by atoms with Gasteiger partial charge in [0.15, 0.2) is 0 Å². The molecule has 0 unspecified atom stereocenters. The molecule has 0 aliphatic heterocycles. The van der Waals surface area contributed by atoms with Crippen LogP contribution in [0.2, 0.25) is 0 Å². The highest BCUT2D eigenvalue weighted by molar-refractivity contribution is 6.22. The largest absolute Gasteiger partial charge is 0.507 e. The topological polar surface area (TPSA) is 20.2 Å². The molecule has 0 radical (unpaired) electrons. The van der Waals surface area contributed by atoms with E-state index in [0.29, 0.717) is 5.75 Å². The molecule has 26 heavy (non-hydrogen) atoms. The van der Waals surface area contributed by atoms with E-state index < -0.39 is 0 Å². The normalized spacial score (nSPS) is 11.4. The predicted molar refractivity (Wildman–Crippen MR) is 111 cm³/mol. The van der Waals surface area contributed by atoms with E-state index in [9.17, 15) is 5.11 Å². The first-order valence-corrected chi connectivity index (χ1v) is 8.87. The number of hydrogen-bond donors (Lipinski definition) is 1. The molecular formula is C25H18O. The quantitative estimate of drug-likeness (QED) is 0.263. The summed E-state index contributed by atoms with van der Waals surface area (Å²) in [6, 6.07) is 29.0. The lowest BCUT2D eigenvalue weighted by Gasteiger charge is -2.17. The van der Waals surface area contributed by atoms with Gasteiger partial charge in [-0.2, -0.15) is 0 Å². The van der Waals surface area contributed by atoms with E-state index in [-0.39, 0.29) is 0 Å². The van der Waals surface area contributed by atoms with E-state index in [1.165, 1.54) is 21.7 Å². The van der Waals surface area contributed by atoms with Crippen LogP contribution in [0, 0.1) is 6.92 Å². The lowest BCUT2D eigenvalue weighted by molar-refractivity contribution is 0.484. The molecule has 0 atom stereocenters. The van der Waals surface area contributed by atoms with Gasteiger partial charge in [-0.25, -0.2) is 0 Å². The third-order valence-electron chi connectivity index (χ3n) is 5.33. The Kier molecular flexibility index (Phi) is 3.23. The number of phenols is 1. The number of aromatic hydroxyl groups is 1. The second-order valence-electron chi connectivity index (χ2n) is 6.78. The molecule has 0 aromatic heterocycles. The molecule has 5 aromatic rings. The lowest BCUT2D eigenvalue weighted by Crippen LogP contribution is -1.90. The molecule has 5 rings (SSSR count). The number of aryl methyl sites for hydroxylation is 1. The third kappa shape index (κ3) is 2.04. The Bertz CT molecular complexity index is 1280. The van der Waals surface area contributed by atoms with Gasteiger partial charge in [-0.15, -0.1) is 0 Å². The zero-order valence-electron chi connectivity index (χ0n) is 14.5. The zero-order chi connectivity index (χ0) is 17.7. The molecule has 0 bridgehead atoms. The van der Waals surface area contributed by atoms with Crippen molar-refractivity contribution in [2.45, 2.75) is 6.92 Å². The molecule has 124 valence electrons. The minimum atomic E-state index is 0.356. The molecule has 5 aromatic carbocycles. The summed E-state index contributed by atoms with van der Waals surface area (Å²) in [6.45, 7) is 2.18. The van der Waals surface area contributed by atoms with Gasteiger partial charge >= 0.3 is 0 Å². The molecule has 0 aliphatic rings. The van der Waals surface area contributed by atoms with Crippen molar-refractivity contribution in [2.75, 3.05) is 0 Å². The first-order valence-electron chi connectivity index (χ1n) is 8.87. The minimum absolute atomic E-state index is 0.356. The molecule has 1 heteroatoms. The second-order valence-corrected chi connectivity index (χ2v) is 6.78. The monoisotopic (exact) mass is 334 g/mol. The minimum Gasteiger partial charge on any atom is -0.507 e. The first-order chi connectivity index (χ1) is 12.8. The van der Waals surface area contributed by atoms with Crippen LogP contribution < -0.4 is 0 Å². The van der Waals surface area contributed by atoms with Crippen LogP contribution in [0.5, 0.6) is 5.75 Å². The molecule has 0 spiro atoms. The Balaban J connectivity index is 2.11. The summed E-state index contributed by atoms with van der Waals surface area (Å²) in [7, 11) is 0. The highest BCUT2D eigenvalue weighted by atomic mass is 16.3. The molecule has 1 N–H and O–H groups in total. The Hall–Kier alpha value is -3.32. The molecule has 0 saturated heterocycles. The average Bonchev–Trinajstić information content (AvgIpc) is 2.69. The van der Waals surface area contributed by atoms with Gasteiger partial charge in [-0.05, 0) is 51.0 Å². The van der Waals surface area contributed by atoms with E-state index in [0.717, 1.165) is 27.3 Å². The van der Waals surface area contributed by atoms with Crippen LogP contribution in [0.25, 0.3) is 43.4 Å². The highest BCUT2D eigenvalue weighted by Gasteiger charge is 2.17. The van der Waals surface area contributed by atoms with E-state index in [2.05, 4.69) is 55.5 Å². The van der Waals surface area contributed by atoms with Crippen molar-refractivity contribution in [3.63, 3.8) is 0 Å². The van der Waals surface area contributed by atoms with Gasteiger partial charge in [-0.1, -0.05) is 78.9 Å². The summed E-state index contributed by atoms with van der Waals surface area (Å²) < 4.78 is 0. The number of benzene rings is 5. The fourth-order valence-electron chi connectivity index (χ4n) is 4.14. The maximum Gasteiger partial charge on any atom is 0.131 e. The molecule has 0 amide bonds. The van der Waals surface area contributed by atoms with Crippen LogP contribution in [0.3, 0.4) is 0 Å². The summed E-state index contributed by atoms with van der Waals surface area (Å²) >= 11 is 0. The molecule has 0 aliphatic carbocycles. The van der Waals surface area contributed by atoms with E-state index >= 15 is 0 Å². The summed E-state index contributed by atoms with van der Waals surface area (Å²) in [5.74, 6) is 0.356. The SMILES string of the molecule is Cc1c2ccccc2cc2c(-c3ccccc3)c(O)c3ccccc3c12. The maximum absolute atomic E-state index is 11.2. The fourth-order valence-corrected chi connectivity index (χ4v) is 4.14. The van der Waals surface area contributed by atoms with Crippen molar-refractivity contribution in [3.05, 3.63) is 90.5 Å². The number of rotatable bonds is 1. The summed E-state index contributed by atoms with van der Waals surface area (Å²) in [6.07, 6.45) is 0. The predicted octanol–water partition coefficient (Wildman–Crippen LogP) is 6.83. The summed E-state index contributed by atoms with van der Waals surface area (Å²) in [4.78, 5) is 0. The maximum atomic E-state index is 11.2. The Morgan fingerprint density at radius 2 is 1.23 bits per heavy atom. The van der Waals surface area contributed by atoms with Gasteiger partial charge in [0.1, 0.15) is 5.75 Å². The van der Waals surface area contributed by atoms with Crippen LogP contribution in [-0.4, -0.2) is 5.11 Å². The smallest absolute Gasteiger partial charge is 0.131 e. The highest BCUT2D eigenvalue weighted by Crippen LogP contribution is 2.45. The Morgan fingerprint density at radius 1 is 0.615 bits per heavy atom. The number of hydrogen-bond acceptors (Lipinski definition) is 1. The summed E-state index contributed by atoms with van der Waals surface area (Å²) in [5, 5.41) is 17.9. The number of fused-ring (bicyclic) bond motifs is 4. The van der Waals surface area contributed by atoms with Crippen LogP contribution in [-0.2, 0) is 0 Å². The van der Waals surface area contributed by atoms with E-state index in [1.54, 1.807) is 0 Å². The molecule has 0 fully saturated rings. The molecule has 0 saturated carbocycles. The Morgan fingerprint density at radius 3 is 2.00 bits per heavy atom. The van der Waals surface area contributed by atoms with E-state index in [4.69, 9.17) is 0 Å². The van der Waals surface area contributed by atoms with Crippen molar-refractivity contribution >= 4 is 32.3 Å². The molecule has 1 nitrogen and oxygen atoms in total. The van der Waals surface area contributed by atoms with E-state index in [1.807, 2.05) is 36.4 Å². The zero-order valence-corrected chi connectivity index (χ0v) is 14.5. The van der Waals surface area contributed by atoms with Crippen LogP contribution in [0.15, 0.2) is 84.9 Å². The van der Waals surface area contributed by atoms with Gasteiger partial charge in [-0.3, -0.25) is 0 Å². The molecule has 0 heterocycles. The first kappa shape index (κ1) is 15.0. The van der Waals surface area contributed by atoms with Crippen LogP contribution >= 0.6 is 0 Å². The average molecular weight is 334 g/mol. The fraction of sp³-hybridized carbons (Fsp3) is 0.0400. The van der Waals surface area contributed by atoms with Crippen molar-refractivity contribution < 1.29 is 5.11 Å². The molecular weight excluding hydrogens is 316 g/mol. The lowest BCUT2D eigenvalue weighted by atomic mass is 9.87. The van der Waals surface area contributed by atoms with Gasteiger partial charge in [0.25, 0.3) is 0 Å². The van der Waals surface area contributed by atoms with Crippen molar-refractivity contribution in [3.8, 4) is 16.9 Å². The standard InChI is InChI=1S/C25H18O/c1-16-19-12-6-5-11-18(19)15-22-23(16)20-13-7-8-14-21(20)25(26)24(22)17-9-3-2-4-10-17/h2-15,26H,1H3.